The summed E-state index contributed by atoms with van der Waals surface area (Å²) in [5.41, 5.74) is 3.36. The molecule has 0 saturated heterocycles. The maximum atomic E-state index is 11.6. The number of imide groups is 1. The first-order valence-corrected chi connectivity index (χ1v) is 8.82. The van der Waals surface area contributed by atoms with Gasteiger partial charge in [-0.1, -0.05) is 37.8 Å². The lowest BCUT2D eigenvalue weighted by Crippen LogP contribution is -2.30. The fourth-order valence-corrected chi connectivity index (χ4v) is 1.53. The summed E-state index contributed by atoms with van der Waals surface area (Å²) in [4.78, 5) is 23.0. The molecule has 1 aromatic carbocycles. The Morgan fingerprint density at radius 3 is 2.24 bits per heavy atom. The number of benzene rings is 1. The molecule has 0 aliphatic carbocycles. The highest BCUT2D eigenvalue weighted by Gasteiger charge is 2.10. The van der Waals surface area contributed by atoms with E-state index >= 15 is 0 Å². The predicted molar refractivity (Wildman–Crippen MR) is 70.0 cm³/mol. The molecule has 0 radical (unpaired) electrons. The monoisotopic (exact) mass is 245 g/mol. The van der Waals surface area contributed by atoms with E-state index in [2.05, 4.69) is 16.8 Å². The van der Waals surface area contributed by atoms with E-state index in [-0.39, 0.29) is 0 Å². The molecule has 0 aliphatic rings. The summed E-state index contributed by atoms with van der Waals surface area (Å²) in [7, 11) is -1.58. The molecule has 0 saturated carbocycles. The van der Waals surface area contributed by atoms with Crippen LogP contribution in [-0.4, -0.2) is 19.9 Å². The predicted octanol–water partition coefficient (Wildman–Crippen LogP) is 1.82. The van der Waals surface area contributed by atoms with E-state index in [1.165, 1.54) is 0 Å². The standard InChI is InChI=1S/C13H15NO2Si/c1-17(2,3)10-9-12(15)14-13(16)11-7-5-4-6-8-11/h4-8H,1-3H3,(H,14,15,16). The molecule has 0 aliphatic heterocycles. The van der Waals surface area contributed by atoms with Crippen LogP contribution in [0.2, 0.25) is 19.6 Å². The fourth-order valence-electron chi connectivity index (χ4n) is 1.04. The molecule has 0 unspecified atom stereocenters. The molecular weight excluding hydrogens is 230 g/mol. The van der Waals surface area contributed by atoms with Gasteiger partial charge in [-0.15, -0.1) is 5.54 Å². The Kier molecular flexibility index (Phi) is 4.24. The summed E-state index contributed by atoms with van der Waals surface area (Å²) in [6.07, 6.45) is 0. The highest BCUT2D eigenvalue weighted by atomic mass is 28.3. The molecule has 0 heterocycles. The maximum absolute atomic E-state index is 11.6. The first-order chi connectivity index (χ1) is 7.88. The van der Waals surface area contributed by atoms with Crippen LogP contribution in [-0.2, 0) is 4.79 Å². The molecule has 17 heavy (non-hydrogen) atoms. The van der Waals surface area contributed by atoms with Crippen LogP contribution in [0.25, 0.3) is 0 Å². The van der Waals surface area contributed by atoms with Crippen molar-refractivity contribution in [2.24, 2.45) is 0 Å². The zero-order valence-corrected chi connectivity index (χ0v) is 11.2. The minimum absolute atomic E-state index is 0.416. The van der Waals surface area contributed by atoms with Crippen molar-refractivity contribution in [3.05, 3.63) is 35.9 Å². The summed E-state index contributed by atoms with van der Waals surface area (Å²) >= 11 is 0. The van der Waals surface area contributed by atoms with Gasteiger partial charge in [0.2, 0.25) is 0 Å². The van der Waals surface area contributed by atoms with Gasteiger partial charge in [0.25, 0.3) is 5.91 Å². The van der Waals surface area contributed by atoms with Crippen LogP contribution in [0.15, 0.2) is 30.3 Å². The zero-order valence-electron chi connectivity index (χ0n) is 10.2. The lowest BCUT2D eigenvalue weighted by molar-refractivity contribution is -0.114. The number of nitrogens with one attached hydrogen (secondary N) is 1. The third-order valence-corrected chi connectivity index (χ3v) is 2.69. The number of hydrogen-bond acceptors (Lipinski definition) is 2. The van der Waals surface area contributed by atoms with E-state index in [0.29, 0.717) is 5.56 Å². The number of hydrogen-bond donors (Lipinski definition) is 1. The average molecular weight is 245 g/mol. The Bertz CT molecular complexity index is 478. The second-order valence-electron chi connectivity index (χ2n) is 4.65. The zero-order chi connectivity index (χ0) is 12.9. The molecule has 0 fully saturated rings. The normalized spacial score (nSPS) is 10.1. The minimum Gasteiger partial charge on any atom is -0.281 e. The Balaban J connectivity index is 2.64. The second kappa shape index (κ2) is 5.46. The van der Waals surface area contributed by atoms with Crippen molar-refractivity contribution in [2.75, 3.05) is 0 Å². The third kappa shape index (κ3) is 5.14. The van der Waals surface area contributed by atoms with E-state index in [9.17, 15) is 9.59 Å². The van der Waals surface area contributed by atoms with Crippen molar-refractivity contribution in [1.29, 1.82) is 0 Å². The van der Waals surface area contributed by atoms with Crippen molar-refractivity contribution >= 4 is 19.9 Å². The van der Waals surface area contributed by atoms with E-state index in [1.54, 1.807) is 24.3 Å². The van der Waals surface area contributed by atoms with Crippen LogP contribution in [0, 0.1) is 11.5 Å². The summed E-state index contributed by atoms with van der Waals surface area (Å²) in [6, 6.07) is 8.59. The molecule has 1 rings (SSSR count). The molecule has 88 valence electrons. The van der Waals surface area contributed by atoms with Gasteiger partial charge in [0.05, 0.1) is 0 Å². The van der Waals surface area contributed by atoms with Gasteiger partial charge < -0.3 is 0 Å². The molecule has 1 N–H and O–H groups in total. The average Bonchev–Trinajstić information content (AvgIpc) is 2.27. The molecule has 1 aromatic rings. The summed E-state index contributed by atoms with van der Waals surface area (Å²) in [5, 5.41) is 2.24. The number of rotatable bonds is 1. The van der Waals surface area contributed by atoms with Gasteiger partial charge in [0.1, 0.15) is 8.07 Å². The van der Waals surface area contributed by atoms with E-state index in [1.807, 2.05) is 25.7 Å². The topological polar surface area (TPSA) is 46.2 Å². The second-order valence-corrected chi connectivity index (χ2v) is 9.40. The van der Waals surface area contributed by atoms with Gasteiger partial charge in [-0.25, -0.2) is 0 Å². The molecule has 3 nitrogen and oxygen atoms in total. The highest BCUT2D eigenvalue weighted by Crippen LogP contribution is 1.98. The maximum Gasteiger partial charge on any atom is 0.302 e. The third-order valence-electron chi connectivity index (χ3n) is 1.81. The van der Waals surface area contributed by atoms with Crippen LogP contribution in [0.5, 0.6) is 0 Å². The number of carbonyl (C=O) groups excluding carboxylic acids is 2. The molecule has 0 bridgehead atoms. The molecular formula is C13H15NO2Si. The van der Waals surface area contributed by atoms with Crippen LogP contribution in [0.1, 0.15) is 10.4 Å². The van der Waals surface area contributed by atoms with E-state index in [4.69, 9.17) is 0 Å². The Labute approximate surface area is 102 Å². The van der Waals surface area contributed by atoms with E-state index < -0.39 is 19.9 Å². The number of amides is 2. The first kappa shape index (κ1) is 13.2. The molecule has 4 heteroatoms. The molecule has 2 amide bonds. The van der Waals surface area contributed by atoms with Gasteiger partial charge >= 0.3 is 5.91 Å². The van der Waals surface area contributed by atoms with Gasteiger partial charge in [-0.3, -0.25) is 14.9 Å². The Morgan fingerprint density at radius 2 is 1.71 bits per heavy atom. The van der Waals surface area contributed by atoms with E-state index in [0.717, 1.165) is 0 Å². The quantitative estimate of drug-likeness (QED) is 0.606. The summed E-state index contributed by atoms with van der Waals surface area (Å²) < 4.78 is 0. The molecule has 0 spiro atoms. The number of carbonyl (C=O) groups is 2. The molecule has 0 aromatic heterocycles. The van der Waals surface area contributed by atoms with Crippen molar-refractivity contribution < 1.29 is 9.59 Å². The minimum atomic E-state index is -1.58. The van der Waals surface area contributed by atoms with Gasteiger partial charge in [0.15, 0.2) is 0 Å². The summed E-state index contributed by atoms with van der Waals surface area (Å²) in [5.74, 6) is 1.51. The lowest BCUT2D eigenvalue weighted by Gasteiger charge is -2.03. The Morgan fingerprint density at radius 1 is 1.12 bits per heavy atom. The highest BCUT2D eigenvalue weighted by molar-refractivity contribution is 6.84. The van der Waals surface area contributed by atoms with Crippen LogP contribution >= 0.6 is 0 Å². The van der Waals surface area contributed by atoms with Crippen molar-refractivity contribution in [3.63, 3.8) is 0 Å². The van der Waals surface area contributed by atoms with Crippen LogP contribution in [0.4, 0.5) is 0 Å². The SMILES string of the molecule is C[Si](C)(C)C#CC(=O)NC(=O)c1ccccc1. The van der Waals surface area contributed by atoms with Crippen LogP contribution < -0.4 is 5.32 Å². The first-order valence-electron chi connectivity index (χ1n) is 5.32. The lowest BCUT2D eigenvalue weighted by atomic mass is 10.2. The largest absolute Gasteiger partial charge is 0.302 e. The van der Waals surface area contributed by atoms with Gasteiger partial charge in [0, 0.05) is 5.56 Å². The fraction of sp³-hybridized carbons (Fsp3) is 0.231. The van der Waals surface area contributed by atoms with Gasteiger partial charge in [-0.05, 0) is 18.1 Å². The van der Waals surface area contributed by atoms with Crippen molar-refractivity contribution in [3.8, 4) is 11.5 Å². The molecule has 0 atom stereocenters. The van der Waals surface area contributed by atoms with Crippen molar-refractivity contribution in [2.45, 2.75) is 19.6 Å². The van der Waals surface area contributed by atoms with Crippen molar-refractivity contribution in [1.82, 2.24) is 5.32 Å². The summed E-state index contributed by atoms with van der Waals surface area (Å²) in [6.45, 7) is 6.10. The van der Waals surface area contributed by atoms with Gasteiger partial charge in [-0.2, -0.15) is 0 Å². The smallest absolute Gasteiger partial charge is 0.281 e. The van der Waals surface area contributed by atoms with Crippen LogP contribution in [0.3, 0.4) is 0 Å². The Hall–Kier alpha value is -1.86.